The maximum Gasteiger partial charge on any atom is 0.420 e. The van der Waals surface area contributed by atoms with Crippen molar-refractivity contribution >= 4 is 27.3 Å². The Morgan fingerprint density at radius 1 is 1.00 bits per heavy atom. The van der Waals surface area contributed by atoms with Crippen LogP contribution in [0.1, 0.15) is 21.6 Å². The Labute approximate surface area is 164 Å². The molecule has 0 saturated heterocycles. The Bertz CT molecular complexity index is 1120. The zero-order valence-corrected chi connectivity index (χ0v) is 15.7. The summed E-state index contributed by atoms with van der Waals surface area (Å²) in [6, 6.07) is 11.7. The number of nitrogens with zero attached hydrogens (tertiary/aromatic N) is 1. The van der Waals surface area contributed by atoms with Crippen LogP contribution in [0, 0.1) is 6.92 Å². The number of benzene rings is 2. The lowest BCUT2D eigenvalue weighted by atomic mass is 10.2. The van der Waals surface area contributed by atoms with Gasteiger partial charge in [0.15, 0.2) is 0 Å². The standard InChI is InChI=1S/C18H15F3N4O3S/c1-11-2-8-14(9-3-11)29(27,28)25-13-6-4-12(5-7-13)23-17(26)16-15(10-22-24-16)18(19,20)21/h2-10,25H,1H3,(H,22,24)(H,23,26). The number of rotatable bonds is 5. The van der Waals surface area contributed by atoms with Crippen LogP contribution in [0.25, 0.3) is 0 Å². The number of anilines is 2. The molecule has 1 heterocycles. The first-order chi connectivity index (χ1) is 13.6. The highest BCUT2D eigenvalue weighted by Crippen LogP contribution is 2.31. The molecule has 152 valence electrons. The number of alkyl halides is 3. The van der Waals surface area contributed by atoms with Crippen LogP contribution in [0.3, 0.4) is 0 Å². The number of carbonyl (C=O) groups excluding carboxylic acids is 1. The third-order valence-corrected chi connectivity index (χ3v) is 5.30. The van der Waals surface area contributed by atoms with E-state index in [-0.39, 0.29) is 16.3 Å². The topological polar surface area (TPSA) is 104 Å². The SMILES string of the molecule is Cc1ccc(S(=O)(=O)Nc2ccc(NC(=O)c3[nH]ncc3C(F)(F)F)cc2)cc1. The molecule has 1 amide bonds. The summed E-state index contributed by atoms with van der Waals surface area (Å²) >= 11 is 0. The molecule has 3 N–H and O–H groups in total. The number of amides is 1. The first-order valence-electron chi connectivity index (χ1n) is 8.18. The lowest BCUT2D eigenvalue weighted by Crippen LogP contribution is -2.18. The summed E-state index contributed by atoms with van der Waals surface area (Å²) in [5.74, 6) is -1.03. The molecule has 29 heavy (non-hydrogen) atoms. The Morgan fingerprint density at radius 2 is 1.59 bits per heavy atom. The van der Waals surface area contributed by atoms with E-state index in [1.54, 1.807) is 12.1 Å². The minimum Gasteiger partial charge on any atom is -0.321 e. The van der Waals surface area contributed by atoms with Crippen molar-refractivity contribution in [2.24, 2.45) is 0 Å². The molecular weight excluding hydrogens is 409 g/mol. The Morgan fingerprint density at radius 3 is 2.17 bits per heavy atom. The van der Waals surface area contributed by atoms with Crippen molar-refractivity contribution in [2.45, 2.75) is 18.0 Å². The molecule has 3 rings (SSSR count). The number of sulfonamides is 1. The van der Waals surface area contributed by atoms with Gasteiger partial charge < -0.3 is 5.32 Å². The van der Waals surface area contributed by atoms with Gasteiger partial charge >= 0.3 is 6.18 Å². The normalized spacial score (nSPS) is 11.9. The van der Waals surface area contributed by atoms with Gasteiger partial charge in [-0.05, 0) is 43.3 Å². The van der Waals surface area contributed by atoms with Crippen molar-refractivity contribution in [3.05, 3.63) is 71.5 Å². The van der Waals surface area contributed by atoms with Crippen LogP contribution < -0.4 is 10.0 Å². The summed E-state index contributed by atoms with van der Waals surface area (Å²) < 4.78 is 65.7. The van der Waals surface area contributed by atoms with E-state index in [4.69, 9.17) is 0 Å². The van der Waals surface area contributed by atoms with E-state index in [0.717, 1.165) is 5.56 Å². The number of aryl methyl sites for hydroxylation is 1. The highest BCUT2D eigenvalue weighted by Gasteiger charge is 2.37. The summed E-state index contributed by atoms with van der Waals surface area (Å²) in [6.07, 6.45) is -4.20. The van der Waals surface area contributed by atoms with Crippen molar-refractivity contribution in [3.63, 3.8) is 0 Å². The Kier molecular flexibility index (Phi) is 5.33. The number of carbonyl (C=O) groups is 1. The number of aromatic amines is 1. The fourth-order valence-electron chi connectivity index (χ4n) is 2.42. The van der Waals surface area contributed by atoms with Crippen LogP contribution in [-0.4, -0.2) is 24.5 Å². The minimum absolute atomic E-state index is 0.0828. The summed E-state index contributed by atoms with van der Waals surface area (Å²) in [5, 5.41) is 7.58. The summed E-state index contributed by atoms with van der Waals surface area (Å²) in [7, 11) is -3.80. The number of hydrogen-bond acceptors (Lipinski definition) is 4. The minimum atomic E-state index is -4.72. The zero-order chi connectivity index (χ0) is 21.2. The number of halogens is 3. The molecule has 0 aliphatic rings. The molecule has 0 fully saturated rings. The third-order valence-electron chi connectivity index (χ3n) is 3.90. The van der Waals surface area contributed by atoms with Gasteiger partial charge in [-0.1, -0.05) is 17.7 Å². The highest BCUT2D eigenvalue weighted by molar-refractivity contribution is 7.92. The third kappa shape index (κ3) is 4.74. The van der Waals surface area contributed by atoms with E-state index in [1.165, 1.54) is 36.4 Å². The molecule has 0 spiro atoms. The lowest BCUT2D eigenvalue weighted by Gasteiger charge is -2.10. The second kappa shape index (κ2) is 7.59. The van der Waals surface area contributed by atoms with Crippen molar-refractivity contribution in [1.82, 2.24) is 10.2 Å². The molecule has 11 heteroatoms. The van der Waals surface area contributed by atoms with Crippen LogP contribution in [0.15, 0.2) is 59.6 Å². The van der Waals surface area contributed by atoms with Crippen LogP contribution in [0.4, 0.5) is 24.5 Å². The molecular formula is C18H15F3N4O3S. The van der Waals surface area contributed by atoms with Gasteiger partial charge in [0, 0.05) is 11.4 Å². The van der Waals surface area contributed by atoms with Crippen molar-refractivity contribution in [3.8, 4) is 0 Å². The van der Waals surface area contributed by atoms with E-state index in [0.29, 0.717) is 6.20 Å². The number of H-pyrrole nitrogens is 1. The highest BCUT2D eigenvalue weighted by atomic mass is 32.2. The van der Waals surface area contributed by atoms with Gasteiger partial charge in [-0.2, -0.15) is 18.3 Å². The van der Waals surface area contributed by atoms with E-state index < -0.39 is 33.4 Å². The molecule has 0 atom stereocenters. The fraction of sp³-hybridized carbons (Fsp3) is 0.111. The van der Waals surface area contributed by atoms with Crippen LogP contribution in [0.5, 0.6) is 0 Å². The van der Waals surface area contributed by atoms with Crippen LogP contribution in [0.2, 0.25) is 0 Å². The smallest absolute Gasteiger partial charge is 0.321 e. The van der Waals surface area contributed by atoms with E-state index >= 15 is 0 Å². The second-order valence-electron chi connectivity index (χ2n) is 6.11. The molecule has 0 unspecified atom stereocenters. The van der Waals surface area contributed by atoms with Gasteiger partial charge in [0.2, 0.25) is 0 Å². The number of aromatic nitrogens is 2. The molecule has 0 aliphatic carbocycles. The van der Waals surface area contributed by atoms with Gasteiger partial charge in [0.05, 0.1) is 11.1 Å². The predicted molar refractivity (Wildman–Crippen MR) is 100.0 cm³/mol. The van der Waals surface area contributed by atoms with Gasteiger partial charge in [0.25, 0.3) is 15.9 Å². The number of nitrogens with one attached hydrogen (secondary N) is 3. The molecule has 2 aromatic carbocycles. The van der Waals surface area contributed by atoms with E-state index in [9.17, 15) is 26.4 Å². The first-order valence-corrected chi connectivity index (χ1v) is 9.66. The number of hydrogen-bond donors (Lipinski definition) is 3. The Balaban J connectivity index is 1.71. The van der Waals surface area contributed by atoms with Crippen LogP contribution >= 0.6 is 0 Å². The molecule has 0 aliphatic heterocycles. The first kappa shape index (κ1) is 20.4. The summed E-state index contributed by atoms with van der Waals surface area (Å²) in [6.45, 7) is 1.83. The molecule has 1 aromatic heterocycles. The molecule has 0 radical (unpaired) electrons. The quantitative estimate of drug-likeness (QED) is 0.580. The maximum absolute atomic E-state index is 12.8. The zero-order valence-electron chi connectivity index (χ0n) is 14.9. The molecule has 0 bridgehead atoms. The van der Waals surface area contributed by atoms with Gasteiger partial charge in [-0.25, -0.2) is 8.42 Å². The molecule has 7 nitrogen and oxygen atoms in total. The largest absolute Gasteiger partial charge is 0.420 e. The van der Waals surface area contributed by atoms with E-state index in [2.05, 4.69) is 15.1 Å². The molecule has 0 saturated carbocycles. The summed E-state index contributed by atoms with van der Waals surface area (Å²) in [5.41, 5.74) is -0.591. The fourth-order valence-corrected chi connectivity index (χ4v) is 3.48. The molecule has 3 aromatic rings. The predicted octanol–water partition coefficient (Wildman–Crippen LogP) is 3.79. The maximum atomic E-state index is 12.8. The van der Waals surface area contributed by atoms with Crippen molar-refractivity contribution in [1.29, 1.82) is 0 Å². The van der Waals surface area contributed by atoms with Crippen LogP contribution in [-0.2, 0) is 16.2 Å². The summed E-state index contributed by atoms with van der Waals surface area (Å²) in [4.78, 5) is 12.2. The average molecular weight is 424 g/mol. The van der Waals surface area contributed by atoms with Gasteiger partial charge in [-0.15, -0.1) is 0 Å². The van der Waals surface area contributed by atoms with Crippen molar-refractivity contribution in [2.75, 3.05) is 10.0 Å². The monoisotopic (exact) mass is 424 g/mol. The van der Waals surface area contributed by atoms with E-state index in [1.807, 2.05) is 12.0 Å². The van der Waals surface area contributed by atoms with Gasteiger partial charge in [0.1, 0.15) is 11.3 Å². The van der Waals surface area contributed by atoms with Crippen molar-refractivity contribution < 1.29 is 26.4 Å². The van der Waals surface area contributed by atoms with Gasteiger partial charge in [-0.3, -0.25) is 14.6 Å². The Hall–Kier alpha value is -3.34. The second-order valence-corrected chi connectivity index (χ2v) is 7.79. The lowest BCUT2D eigenvalue weighted by molar-refractivity contribution is -0.137. The average Bonchev–Trinajstić information content (AvgIpc) is 3.14.